The van der Waals surface area contributed by atoms with Crippen molar-refractivity contribution in [2.45, 2.75) is 31.8 Å². The number of hydrogen-bond donors (Lipinski definition) is 3. The molecule has 6 heteroatoms. The minimum absolute atomic E-state index is 0.330. The number of rotatable bonds is 6. The Bertz CT molecular complexity index is 1330. The van der Waals surface area contributed by atoms with Crippen LogP contribution in [0.2, 0.25) is 0 Å². The summed E-state index contributed by atoms with van der Waals surface area (Å²) in [5.41, 5.74) is 7.53. The Kier molecular flexibility index (Phi) is 8.21. The molecule has 4 aromatic carbocycles. The second-order valence-corrected chi connectivity index (χ2v) is 8.89. The third kappa shape index (κ3) is 7.21. The van der Waals surface area contributed by atoms with Gasteiger partial charge in [-0.3, -0.25) is 5.32 Å². The van der Waals surface area contributed by atoms with Gasteiger partial charge in [0.2, 0.25) is 0 Å². The lowest BCUT2D eigenvalue weighted by atomic mass is 9.98. The minimum Gasteiger partial charge on any atom is -0.450 e. The van der Waals surface area contributed by atoms with E-state index >= 15 is 0 Å². The van der Waals surface area contributed by atoms with Crippen LogP contribution in [0.3, 0.4) is 0 Å². The van der Waals surface area contributed by atoms with Gasteiger partial charge < -0.3 is 14.9 Å². The Balaban J connectivity index is 0.000000747. The molecule has 1 aliphatic carbocycles. The molecule has 188 valence electrons. The van der Waals surface area contributed by atoms with Crippen molar-refractivity contribution in [2.24, 2.45) is 0 Å². The average molecular weight is 496 g/mol. The van der Waals surface area contributed by atoms with Crippen molar-refractivity contribution >= 4 is 17.9 Å². The summed E-state index contributed by atoms with van der Waals surface area (Å²) >= 11 is 0. The van der Waals surface area contributed by atoms with E-state index in [2.05, 4.69) is 53.8 Å². The SMILES string of the molecule is C[C@@H](OC(=O)Nc1ccccc1-c1ccc(-c2ccc(C3CC3)cc2)cc1)c1ccccc1.O=C(O)O. The van der Waals surface area contributed by atoms with Crippen molar-refractivity contribution in [3.8, 4) is 22.3 Å². The molecule has 0 radical (unpaired) electrons. The zero-order valence-electron chi connectivity index (χ0n) is 20.5. The van der Waals surface area contributed by atoms with E-state index < -0.39 is 12.2 Å². The summed E-state index contributed by atoms with van der Waals surface area (Å²) in [6, 6.07) is 34.9. The van der Waals surface area contributed by atoms with Crippen LogP contribution < -0.4 is 5.32 Å². The molecule has 0 aliphatic heterocycles. The molecule has 5 rings (SSSR count). The summed E-state index contributed by atoms with van der Waals surface area (Å²) in [4.78, 5) is 21.1. The third-order valence-corrected chi connectivity index (χ3v) is 6.21. The number of ether oxygens (including phenoxy) is 1. The number of carboxylic acid groups (broad SMARTS) is 2. The van der Waals surface area contributed by atoms with Gasteiger partial charge in [0.25, 0.3) is 0 Å². The molecule has 0 bridgehead atoms. The van der Waals surface area contributed by atoms with Crippen LogP contribution in [-0.4, -0.2) is 22.5 Å². The number of para-hydroxylation sites is 1. The Morgan fingerprint density at radius 1 is 0.757 bits per heavy atom. The molecule has 3 N–H and O–H groups in total. The smallest absolute Gasteiger partial charge is 0.450 e. The van der Waals surface area contributed by atoms with Crippen molar-refractivity contribution in [3.05, 3.63) is 114 Å². The molecule has 0 heterocycles. The molecule has 0 unspecified atom stereocenters. The monoisotopic (exact) mass is 495 g/mol. The van der Waals surface area contributed by atoms with Crippen molar-refractivity contribution in [2.75, 3.05) is 5.32 Å². The predicted octanol–water partition coefficient (Wildman–Crippen LogP) is 8.43. The van der Waals surface area contributed by atoms with Crippen molar-refractivity contribution < 1.29 is 24.5 Å². The van der Waals surface area contributed by atoms with Crippen LogP contribution in [0, 0.1) is 0 Å². The number of anilines is 1. The average Bonchev–Trinajstić information content (AvgIpc) is 3.75. The van der Waals surface area contributed by atoms with Crippen molar-refractivity contribution in [1.29, 1.82) is 0 Å². The van der Waals surface area contributed by atoms with Crippen LogP contribution in [0.25, 0.3) is 22.3 Å². The maximum atomic E-state index is 12.6. The summed E-state index contributed by atoms with van der Waals surface area (Å²) in [7, 11) is 0. The Morgan fingerprint density at radius 3 is 1.86 bits per heavy atom. The number of amides is 1. The molecule has 0 aromatic heterocycles. The van der Waals surface area contributed by atoms with Gasteiger partial charge in [-0.15, -0.1) is 0 Å². The van der Waals surface area contributed by atoms with Gasteiger partial charge >= 0.3 is 12.2 Å². The molecule has 1 amide bonds. The van der Waals surface area contributed by atoms with Gasteiger partial charge in [0.15, 0.2) is 0 Å². The van der Waals surface area contributed by atoms with Crippen LogP contribution in [0.1, 0.15) is 42.9 Å². The minimum atomic E-state index is -1.83. The van der Waals surface area contributed by atoms with Gasteiger partial charge in [-0.05, 0) is 59.6 Å². The second kappa shape index (κ2) is 11.9. The van der Waals surface area contributed by atoms with Crippen molar-refractivity contribution in [3.63, 3.8) is 0 Å². The van der Waals surface area contributed by atoms with Gasteiger partial charge in [-0.1, -0.05) is 97.1 Å². The molecule has 37 heavy (non-hydrogen) atoms. The summed E-state index contributed by atoms with van der Waals surface area (Å²) in [5, 5.41) is 16.9. The van der Waals surface area contributed by atoms with E-state index in [0.29, 0.717) is 0 Å². The highest BCUT2D eigenvalue weighted by Gasteiger charge is 2.23. The number of carbonyl (C=O) groups excluding carboxylic acids is 1. The van der Waals surface area contributed by atoms with E-state index in [-0.39, 0.29) is 6.10 Å². The van der Waals surface area contributed by atoms with E-state index in [4.69, 9.17) is 19.7 Å². The molecule has 1 saturated carbocycles. The molecule has 0 saturated heterocycles. The molecule has 0 spiro atoms. The van der Waals surface area contributed by atoms with Gasteiger partial charge in [-0.2, -0.15) is 0 Å². The molecule has 1 atom stereocenters. The lowest BCUT2D eigenvalue weighted by Gasteiger charge is -2.16. The van der Waals surface area contributed by atoms with Gasteiger partial charge in [0, 0.05) is 5.56 Å². The quantitative estimate of drug-likeness (QED) is 0.249. The fourth-order valence-corrected chi connectivity index (χ4v) is 4.14. The molecular formula is C31H29NO5. The number of hydrogen-bond acceptors (Lipinski definition) is 3. The van der Waals surface area contributed by atoms with Gasteiger partial charge in [-0.25, -0.2) is 9.59 Å². The third-order valence-electron chi connectivity index (χ3n) is 6.21. The predicted molar refractivity (Wildman–Crippen MR) is 145 cm³/mol. The van der Waals surface area contributed by atoms with Crippen LogP contribution in [0.5, 0.6) is 0 Å². The van der Waals surface area contributed by atoms with Gasteiger partial charge in [0.05, 0.1) is 5.69 Å². The number of carbonyl (C=O) groups is 2. The van der Waals surface area contributed by atoms with E-state index in [1.807, 2.05) is 61.5 Å². The molecule has 1 aliphatic rings. The van der Waals surface area contributed by atoms with Crippen LogP contribution in [-0.2, 0) is 4.74 Å². The maximum absolute atomic E-state index is 12.6. The summed E-state index contributed by atoms with van der Waals surface area (Å²) in [6.07, 6.45) is 0.00977. The van der Waals surface area contributed by atoms with E-state index in [1.54, 1.807) is 0 Å². The lowest BCUT2D eigenvalue weighted by Crippen LogP contribution is -2.16. The lowest BCUT2D eigenvalue weighted by molar-refractivity contribution is 0.121. The summed E-state index contributed by atoms with van der Waals surface area (Å²) < 4.78 is 5.59. The first-order valence-corrected chi connectivity index (χ1v) is 12.1. The van der Waals surface area contributed by atoms with Gasteiger partial charge in [0.1, 0.15) is 6.10 Å². The molecule has 1 fully saturated rings. The van der Waals surface area contributed by atoms with E-state index in [0.717, 1.165) is 28.3 Å². The highest BCUT2D eigenvalue weighted by atomic mass is 16.6. The highest BCUT2D eigenvalue weighted by Crippen LogP contribution is 2.40. The summed E-state index contributed by atoms with van der Waals surface area (Å²) in [5.74, 6) is 0.771. The second-order valence-electron chi connectivity index (χ2n) is 8.89. The number of benzene rings is 4. The van der Waals surface area contributed by atoms with Crippen LogP contribution in [0.4, 0.5) is 15.3 Å². The van der Waals surface area contributed by atoms with E-state index in [9.17, 15) is 4.79 Å². The Morgan fingerprint density at radius 2 is 1.27 bits per heavy atom. The van der Waals surface area contributed by atoms with Crippen LogP contribution >= 0.6 is 0 Å². The normalized spacial score (nSPS) is 13.0. The number of nitrogens with one attached hydrogen (secondary N) is 1. The first-order chi connectivity index (χ1) is 17.9. The largest absolute Gasteiger partial charge is 0.503 e. The molecule has 4 aromatic rings. The Hall–Kier alpha value is -4.58. The van der Waals surface area contributed by atoms with Crippen LogP contribution in [0.15, 0.2) is 103 Å². The fraction of sp³-hybridized carbons (Fsp3) is 0.161. The zero-order chi connectivity index (χ0) is 26.2. The standard InChI is InChI=1S/C30H27NO2.CH2O3/c1-21(22-7-3-2-4-8-22)33-30(32)31-29-10-6-5-9-28(29)27-19-17-26(18-20-27)25-15-13-24(14-16-25)23-11-12-23;2-1(3)4/h2-10,13-21,23H,11-12H2,1H3,(H,31,32);(H2,2,3,4)/t21-;/m1./s1. The fourth-order valence-electron chi connectivity index (χ4n) is 4.14. The highest BCUT2D eigenvalue weighted by molar-refractivity contribution is 5.91. The summed E-state index contributed by atoms with van der Waals surface area (Å²) in [6.45, 7) is 1.87. The van der Waals surface area contributed by atoms with E-state index in [1.165, 1.54) is 29.5 Å². The Labute approximate surface area is 216 Å². The topological polar surface area (TPSA) is 95.9 Å². The maximum Gasteiger partial charge on any atom is 0.503 e. The molecule has 6 nitrogen and oxygen atoms in total. The first-order valence-electron chi connectivity index (χ1n) is 12.1. The first kappa shape index (κ1) is 25.5. The van der Waals surface area contributed by atoms with Crippen molar-refractivity contribution in [1.82, 2.24) is 0 Å². The molecular weight excluding hydrogens is 466 g/mol. The zero-order valence-corrected chi connectivity index (χ0v) is 20.5.